The molecule has 2 unspecified atom stereocenters. The third-order valence-corrected chi connectivity index (χ3v) is 6.75. The molecule has 6 nitrogen and oxygen atoms in total. The van der Waals surface area contributed by atoms with E-state index < -0.39 is 6.04 Å². The largest absolute Gasteiger partial charge is 0.361 e. The van der Waals surface area contributed by atoms with E-state index in [1.807, 2.05) is 46.8 Å². The lowest BCUT2D eigenvalue weighted by Crippen LogP contribution is -2.54. The van der Waals surface area contributed by atoms with E-state index in [0.29, 0.717) is 23.9 Å². The molecule has 2 N–H and O–H groups in total. The summed E-state index contributed by atoms with van der Waals surface area (Å²) in [5.41, 5.74) is 2.07. The Balaban J connectivity index is 1.57. The summed E-state index contributed by atoms with van der Waals surface area (Å²) in [4.78, 5) is 34.3. The molecule has 1 aromatic carbocycles. The number of nitrogens with one attached hydrogen (secondary N) is 2. The lowest BCUT2D eigenvalue weighted by molar-refractivity contribution is -0.135. The highest BCUT2D eigenvalue weighted by Crippen LogP contribution is 2.21. The molecule has 4 rings (SSSR count). The molecule has 1 aliphatic rings. The van der Waals surface area contributed by atoms with Crippen LogP contribution in [0.4, 0.5) is 0 Å². The second-order valence-electron chi connectivity index (χ2n) is 8.11. The van der Waals surface area contributed by atoms with E-state index in [-0.39, 0.29) is 11.8 Å². The molecule has 2 amide bonds. The van der Waals surface area contributed by atoms with Gasteiger partial charge < -0.3 is 20.1 Å². The van der Waals surface area contributed by atoms with Gasteiger partial charge in [0.15, 0.2) is 0 Å². The topological polar surface area (TPSA) is 68.4 Å². The molecule has 0 bridgehead atoms. The Morgan fingerprint density at radius 1 is 1.27 bits per heavy atom. The summed E-state index contributed by atoms with van der Waals surface area (Å²) in [6.07, 6.45) is 4.48. The number of thiophene rings is 1. The number of carbonyl (C=O) groups excluding carboxylic acids is 2. The van der Waals surface area contributed by atoms with Crippen LogP contribution in [-0.4, -0.2) is 65.9 Å². The number of fused-ring (bicyclic) bond motifs is 1. The van der Waals surface area contributed by atoms with Crippen molar-refractivity contribution in [3.8, 4) is 0 Å². The van der Waals surface area contributed by atoms with Crippen LogP contribution in [0.5, 0.6) is 0 Å². The van der Waals surface area contributed by atoms with Gasteiger partial charge in [0, 0.05) is 42.7 Å². The van der Waals surface area contributed by atoms with Crippen molar-refractivity contribution in [2.75, 3.05) is 27.2 Å². The van der Waals surface area contributed by atoms with Crippen LogP contribution in [-0.2, 0) is 11.2 Å². The Morgan fingerprint density at radius 3 is 2.87 bits per heavy atom. The maximum atomic E-state index is 13.5. The van der Waals surface area contributed by atoms with Gasteiger partial charge in [-0.15, -0.1) is 11.3 Å². The molecule has 2 atom stereocenters. The average Bonchev–Trinajstić information content (AvgIpc) is 3.43. The first-order valence-electron chi connectivity index (χ1n) is 10.4. The standard InChI is InChI=1S/C23H28N4O2S/c1-26(2)17-7-5-11-27(15-17)23(29)20(25-22(28)21-10-6-12-30-21)13-16-14-24-19-9-4-3-8-18(16)19/h3-4,6,8-10,12,14,17,20,24H,5,7,11,13,15H2,1-2H3,(H,25,28). The number of likely N-dealkylation sites (N-methyl/N-ethyl adjacent to an activating group) is 1. The lowest BCUT2D eigenvalue weighted by Gasteiger charge is -2.37. The Labute approximate surface area is 180 Å². The number of carbonyl (C=O) groups is 2. The van der Waals surface area contributed by atoms with Crippen LogP contribution in [0.25, 0.3) is 10.9 Å². The van der Waals surface area contributed by atoms with Crippen molar-refractivity contribution in [2.45, 2.75) is 31.3 Å². The lowest BCUT2D eigenvalue weighted by atomic mass is 10.0. The fraction of sp³-hybridized carbons (Fsp3) is 0.391. The van der Waals surface area contributed by atoms with E-state index in [2.05, 4.69) is 29.3 Å². The first-order valence-corrected chi connectivity index (χ1v) is 11.3. The van der Waals surface area contributed by atoms with Crippen molar-refractivity contribution in [1.29, 1.82) is 0 Å². The van der Waals surface area contributed by atoms with Crippen molar-refractivity contribution in [3.63, 3.8) is 0 Å². The second-order valence-corrected chi connectivity index (χ2v) is 9.06. The van der Waals surface area contributed by atoms with E-state index in [1.165, 1.54) is 11.3 Å². The number of H-pyrrole nitrogens is 1. The summed E-state index contributed by atoms with van der Waals surface area (Å²) in [5, 5.41) is 5.98. The zero-order valence-corrected chi connectivity index (χ0v) is 18.2. The van der Waals surface area contributed by atoms with Gasteiger partial charge in [-0.3, -0.25) is 9.59 Å². The van der Waals surface area contributed by atoms with Gasteiger partial charge in [-0.05, 0) is 50.0 Å². The summed E-state index contributed by atoms with van der Waals surface area (Å²) in [6, 6.07) is 11.4. The number of benzene rings is 1. The molecule has 0 saturated carbocycles. The molecule has 0 spiro atoms. The highest BCUT2D eigenvalue weighted by Gasteiger charge is 2.31. The van der Waals surface area contributed by atoms with Gasteiger partial charge in [0.2, 0.25) is 5.91 Å². The van der Waals surface area contributed by atoms with Crippen molar-refractivity contribution < 1.29 is 9.59 Å². The smallest absolute Gasteiger partial charge is 0.262 e. The molecule has 0 aliphatic carbocycles. The Morgan fingerprint density at radius 2 is 2.10 bits per heavy atom. The van der Waals surface area contributed by atoms with Crippen LogP contribution in [0.2, 0.25) is 0 Å². The number of aromatic amines is 1. The predicted molar refractivity (Wildman–Crippen MR) is 121 cm³/mol. The van der Waals surface area contributed by atoms with Crippen LogP contribution >= 0.6 is 11.3 Å². The van der Waals surface area contributed by atoms with E-state index in [4.69, 9.17) is 0 Å². The fourth-order valence-corrected chi connectivity index (χ4v) is 4.78. The van der Waals surface area contributed by atoms with Crippen molar-refractivity contribution in [2.24, 2.45) is 0 Å². The number of piperidine rings is 1. The van der Waals surface area contributed by atoms with E-state index in [9.17, 15) is 9.59 Å². The normalized spacial score (nSPS) is 18.0. The molecular weight excluding hydrogens is 396 g/mol. The van der Waals surface area contributed by atoms with Crippen molar-refractivity contribution >= 4 is 34.1 Å². The van der Waals surface area contributed by atoms with Crippen LogP contribution in [0, 0.1) is 0 Å². The summed E-state index contributed by atoms with van der Waals surface area (Å²) < 4.78 is 0. The third kappa shape index (κ3) is 4.42. The summed E-state index contributed by atoms with van der Waals surface area (Å²) in [6.45, 7) is 1.44. The minimum Gasteiger partial charge on any atom is -0.361 e. The van der Waals surface area contributed by atoms with E-state index in [0.717, 1.165) is 35.9 Å². The van der Waals surface area contributed by atoms with Crippen LogP contribution in [0.1, 0.15) is 28.1 Å². The number of amides is 2. The van der Waals surface area contributed by atoms with Gasteiger partial charge in [-0.1, -0.05) is 24.3 Å². The van der Waals surface area contributed by atoms with Gasteiger partial charge in [0.1, 0.15) is 6.04 Å². The molecule has 30 heavy (non-hydrogen) atoms. The number of para-hydroxylation sites is 1. The van der Waals surface area contributed by atoms with Gasteiger partial charge in [-0.2, -0.15) is 0 Å². The molecule has 3 heterocycles. The maximum absolute atomic E-state index is 13.5. The van der Waals surface area contributed by atoms with Gasteiger partial charge >= 0.3 is 0 Å². The Bertz CT molecular complexity index is 1010. The first-order chi connectivity index (χ1) is 14.5. The molecule has 7 heteroatoms. The van der Waals surface area contributed by atoms with E-state index >= 15 is 0 Å². The predicted octanol–water partition coefficient (Wildman–Crippen LogP) is 3.12. The average molecular weight is 425 g/mol. The molecule has 2 aromatic heterocycles. The van der Waals surface area contributed by atoms with Crippen LogP contribution < -0.4 is 5.32 Å². The maximum Gasteiger partial charge on any atom is 0.262 e. The third-order valence-electron chi connectivity index (χ3n) is 5.89. The molecule has 158 valence electrons. The number of nitrogens with zero attached hydrogens (tertiary/aromatic N) is 2. The number of hydrogen-bond acceptors (Lipinski definition) is 4. The number of likely N-dealkylation sites (tertiary alicyclic amines) is 1. The Hall–Kier alpha value is -2.64. The number of hydrogen-bond donors (Lipinski definition) is 2. The second kappa shape index (κ2) is 9.02. The molecule has 1 aliphatic heterocycles. The first kappa shape index (κ1) is 20.6. The van der Waals surface area contributed by atoms with Crippen LogP contribution in [0.15, 0.2) is 48.0 Å². The monoisotopic (exact) mass is 424 g/mol. The minimum absolute atomic E-state index is 0.00302. The number of rotatable bonds is 6. The zero-order valence-electron chi connectivity index (χ0n) is 17.4. The minimum atomic E-state index is -0.597. The molecule has 0 radical (unpaired) electrons. The Kier molecular flexibility index (Phi) is 6.20. The zero-order chi connectivity index (χ0) is 21.1. The summed E-state index contributed by atoms with van der Waals surface area (Å²) in [5.74, 6) is -0.193. The molecule has 1 fully saturated rings. The fourth-order valence-electron chi connectivity index (χ4n) is 4.15. The highest BCUT2D eigenvalue weighted by atomic mass is 32.1. The van der Waals surface area contributed by atoms with Gasteiger partial charge in [-0.25, -0.2) is 0 Å². The van der Waals surface area contributed by atoms with Gasteiger partial charge in [0.25, 0.3) is 5.91 Å². The summed E-state index contributed by atoms with van der Waals surface area (Å²) in [7, 11) is 4.11. The van der Waals surface area contributed by atoms with Crippen molar-refractivity contribution in [1.82, 2.24) is 20.1 Å². The summed E-state index contributed by atoms with van der Waals surface area (Å²) >= 11 is 1.39. The molecule has 3 aromatic rings. The van der Waals surface area contributed by atoms with Crippen LogP contribution in [0.3, 0.4) is 0 Å². The van der Waals surface area contributed by atoms with E-state index in [1.54, 1.807) is 6.07 Å². The van der Waals surface area contributed by atoms with Gasteiger partial charge in [0.05, 0.1) is 4.88 Å². The molecule has 1 saturated heterocycles. The SMILES string of the molecule is CN(C)C1CCCN(C(=O)C(Cc2c[nH]c3ccccc23)NC(=O)c2cccs2)C1. The number of aromatic nitrogens is 1. The molecular formula is C23H28N4O2S. The quantitative estimate of drug-likeness (QED) is 0.639. The van der Waals surface area contributed by atoms with Crippen molar-refractivity contribution in [3.05, 3.63) is 58.4 Å². The highest BCUT2D eigenvalue weighted by molar-refractivity contribution is 7.12.